The van der Waals surface area contributed by atoms with Crippen molar-refractivity contribution in [3.05, 3.63) is 52.0 Å². The molecule has 0 aliphatic carbocycles. The summed E-state index contributed by atoms with van der Waals surface area (Å²) >= 11 is 12.4. The molecule has 208 valence electrons. The molecular weight excluding hydrogens is 553 g/mol. The van der Waals surface area contributed by atoms with E-state index in [0.717, 1.165) is 12.7 Å². The van der Waals surface area contributed by atoms with Crippen LogP contribution in [0.4, 0.5) is 5.69 Å². The van der Waals surface area contributed by atoms with Crippen molar-refractivity contribution in [1.82, 2.24) is 10.2 Å². The minimum Gasteiger partial charge on any atom is -0.486 e. The molecule has 0 aromatic heterocycles. The molecule has 0 bridgehead atoms. The van der Waals surface area contributed by atoms with Gasteiger partial charge in [0, 0.05) is 42.2 Å². The van der Waals surface area contributed by atoms with Crippen LogP contribution in [0.15, 0.2) is 36.4 Å². The summed E-state index contributed by atoms with van der Waals surface area (Å²) in [4.78, 5) is 27.6. The Morgan fingerprint density at radius 2 is 1.79 bits per heavy atom. The lowest BCUT2D eigenvalue weighted by molar-refractivity contribution is -0.140. The largest absolute Gasteiger partial charge is 0.486 e. The Balaban J connectivity index is 1.75. The number of halogens is 2. The SMILES string of the molecule is CCCNC(=O)C(C)N(Cc1ccc(Cl)cc1Cl)C(=O)CCCN(c1ccc2c(c1)OCCO2)S(C)(=O)=O. The van der Waals surface area contributed by atoms with Gasteiger partial charge in [0.05, 0.1) is 11.9 Å². The second-order valence-corrected chi connectivity index (χ2v) is 11.7. The Bertz CT molecular complexity index is 1260. The number of amides is 2. The monoisotopic (exact) mass is 585 g/mol. The highest BCUT2D eigenvalue weighted by atomic mass is 35.5. The standard InChI is InChI=1S/C26H33Cl2N3O6S/c1-4-11-29-26(33)18(2)30(17-19-7-8-20(27)15-22(19)28)25(32)6-5-12-31(38(3,34)35)21-9-10-23-24(16-21)37-14-13-36-23/h7-10,15-16,18H,4-6,11-14,17H2,1-3H3,(H,29,33). The van der Waals surface area contributed by atoms with Crippen molar-refractivity contribution in [2.45, 2.75) is 45.7 Å². The van der Waals surface area contributed by atoms with Gasteiger partial charge >= 0.3 is 0 Å². The third-order valence-corrected chi connectivity index (χ3v) is 7.82. The zero-order valence-electron chi connectivity index (χ0n) is 21.7. The van der Waals surface area contributed by atoms with E-state index in [9.17, 15) is 18.0 Å². The van der Waals surface area contributed by atoms with Crippen molar-refractivity contribution in [2.75, 3.05) is 36.9 Å². The van der Waals surface area contributed by atoms with E-state index in [0.29, 0.717) is 52.6 Å². The lowest BCUT2D eigenvalue weighted by atomic mass is 10.1. The van der Waals surface area contributed by atoms with Crippen LogP contribution >= 0.6 is 23.2 Å². The molecule has 0 fully saturated rings. The summed E-state index contributed by atoms with van der Waals surface area (Å²) in [5, 5.41) is 3.67. The van der Waals surface area contributed by atoms with E-state index in [2.05, 4.69) is 5.32 Å². The van der Waals surface area contributed by atoms with E-state index in [4.69, 9.17) is 32.7 Å². The van der Waals surface area contributed by atoms with Crippen LogP contribution < -0.4 is 19.1 Å². The van der Waals surface area contributed by atoms with Crippen molar-refractivity contribution >= 4 is 50.7 Å². The molecular formula is C26H33Cl2N3O6S. The predicted molar refractivity (Wildman–Crippen MR) is 149 cm³/mol. The number of ether oxygens (including phenoxy) is 2. The molecule has 12 heteroatoms. The molecule has 1 atom stereocenters. The van der Waals surface area contributed by atoms with Gasteiger partial charge in [-0.2, -0.15) is 0 Å². The fourth-order valence-corrected chi connectivity index (χ4v) is 5.43. The number of sulfonamides is 1. The summed E-state index contributed by atoms with van der Waals surface area (Å²) in [5.74, 6) is 0.442. The maximum absolute atomic E-state index is 13.4. The smallest absolute Gasteiger partial charge is 0.242 e. The highest BCUT2D eigenvalue weighted by Gasteiger charge is 2.27. The molecule has 0 radical (unpaired) electrons. The molecule has 9 nitrogen and oxygen atoms in total. The van der Waals surface area contributed by atoms with Gasteiger partial charge in [0.25, 0.3) is 0 Å². The zero-order valence-corrected chi connectivity index (χ0v) is 24.0. The second-order valence-electron chi connectivity index (χ2n) is 8.99. The normalized spacial score (nSPS) is 13.5. The number of rotatable bonds is 12. The summed E-state index contributed by atoms with van der Waals surface area (Å²) < 4.78 is 37.5. The molecule has 2 aromatic carbocycles. The van der Waals surface area contributed by atoms with Gasteiger partial charge in [0.2, 0.25) is 21.8 Å². The summed E-state index contributed by atoms with van der Waals surface area (Å²) in [5.41, 5.74) is 1.06. The van der Waals surface area contributed by atoms with Crippen LogP contribution in [0.1, 0.15) is 38.7 Å². The Morgan fingerprint density at radius 1 is 1.08 bits per heavy atom. The number of hydrogen-bond acceptors (Lipinski definition) is 6. The van der Waals surface area contributed by atoms with Crippen molar-refractivity contribution in [1.29, 1.82) is 0 Å². The molecule has 2 aromatic rings. The molecule has 1 aliphatic heterocycles. The molecule has 1 aliphatic rings. The lowest BCUT2D eigenvalue weighted by Gasteiger charge is -2.30. The van der Waals surface area contributed by atoms with Crippen LogP contribution in [0.25, 0.3) is 0 Å². The predicted octanol–water partition coefficient (Wildman–Crippen LogP) is 4.25. The van der Waals surface area contributed by atoms with E-state index in [1.165, 1.54) is 9.21 Å². The average Bonchev–Trinajstić information content (AvgIpc) is 2.87. The topological polar surface area (TPSA) is 105 Å². The van der Waals surface area contributed by atoms with Gasteiger partial charge in [-0.1, -0.05) is 36.2 Å². The van der Waals surface area contributed by atoms with Crippen molar-refractivity contribution in [3.63, 3.8) is 0 Å². The highest BCUT2D eigenvalue weighted by Crippen LogP contribution is 2.35. The minimum absolute atomic E-state index is 0.0210. The number of hydrogen-bond donors (Lipinski definition) is 1. The lowest BCUT2D eigenvalue weighted by Crippen LogP contribution is -2.48. The molecule has 1 heterocycles. The van der Waals surface area contributed by atoms with Crippen molar-refractivity contribution in [2.24, 2.45) is 0 Å². The van der Waals surface area contributed by atoms with Gasteiger partial charge < -0.3 is 19.7 Å². The fraction of sp³-hybridized carbons (Fsp3) is 0.462. The first-order valence-electron chi connectivity index (χ1n) is 12.4. The minimum atomic E-state index is -3.64. The maximum atomic E-state index is 13.4. The summed E-state index contributed by atoms with van der Waals surface area (Å²) in [6, 6.07) is 9.14. The number of benzene rings is 2. The van der Waals surface area contributed by atoms with Crippen molar-refractivity contribution in [3.8, 4) is 11.5 Å². The van der Waals surface area contributed by atoms with Gasteiger partial charge in [-0.3, -0.25) is 13.9 Å². The number of carbonyl (C=O) groups is 2. The number of anilines is 1. The van der Waals surface area contributed by atoms with E-state index < -0.39 is 16.1 Å². The van der Waals surface area contributed by atoms with Crippen LogP contribution in [0.3, 0.4) is 0 Å². The molecule has 3 rings (SSSR count). The first kappa shape index (κ1) is 29.9. The van der Waals surface area contributed by atoms with E-state index in [1.54, 1.807) is 43.3 Å². The summed E-state index contributed by atoms with van der Waals surface area (Å²) in [7, 11) is -3.64. The first-order valence-corrected chi connectivity index (χ1v) is 15.0. The quantitative estimate of drug-likeness (QED) is 0.399. The van der Waals surface area contributed by atoms with Crippen molar-refractivity contribution < 1.29 is 27.5 Å². The molecule has 38 heavy (non-hydrogen) atoms. The van der Waals surface area contributed by atoms with E-state index in [-0.39, 0.29) is 37.7 Å². The Morgan fingerprint density at radius 3 is 2.45 bits per heavy atom. The second kappa shape index (κ2) is 13.4. The maximum Gasteiger partial charge on any atom is 0.242 e. The highest BCUT2D eigenvalue weighted by molar-refractivity contribution is 7.92. The average molecular weight is 587 g/mol. The Hall–Kier alpha value is -2.69. The molecule has 2 amide bonds. The van der Waals surface area contributed by atoms with Gasteiger partial charge in [-0.15, -0.1) is 0 Å². The fourth-order valence-electron chi connectivity index (χ4n) is 4.00. The summed E-state index contributed by atoms with van der Waals surface area (Å²) in [6.07, 6.45) is 2.12. The van der Waals surface area contributed by atoms with Gasteiger partial charge in [-0.25, -0.2) is 8.42 Å². The number of carbonyl (C=O) groups excluding carboxylic acids is 2. The molecule has 0 saturated carbocycles. The van der Waals surface area contributed by atoms with Gasteiger partial charge in [-0.05, 0) is 49.6 Å². The van der Waals surface area contributed by atoms with Crippen LogP contribution in [-0.2, 0) is 26.2 Å². The van der Waals surface area contributed by atoms with Gasteiger partial charge in [0.1, 0.15) is 19.3 Å². The van der Waals surface area contributed by atoms with Gasteiger partial charge in [0.15, 0.2) is 11.5 Å². The molecule has 1 unspecified atom stereocenters. The third kappa shape index (κ3) is 7.91. The van der Waals surface area contributed by atoms with Crippen LogP contribution in [0.5, 0.6) is 11.5 Å². The van der Waals surface area contributed by atoms with Crippen LogP contribution in [0, 0.1) is 0 Å². The molecule has 0 saturated heterocycles. The third-order valence-electron chi connectivity index (χ3n) is 6.04. The summed E-state index contributed by atoms with van der Waals surface area (Å²) in [6.45, 7) is 5.06. The van der Waals surface area contributed by atoms with Crippen LogP contribution in [0.2, 0.25) is 10.0 Å². The number of nitrogens with zero attached hydrogens (tertiary/aromatic N) is 2. The van der Waals surface area contributed by atoms with E-state index in [1.807, 2.05) is 6.92 Å². The zero-order chi connectivity index (χ0) is 27.9. The first-order chi connectivity index (χ1) is 18.0. The Labute approximate surface area is 234 Å². The number of fused-ring (bicyclic) bond motifs is 1. The number of nitrogens with one attached hydrogen (secondary N) is 1. The molecule has 1 N–H and O–H groups in total. The van der Waals surface area contributed by atoms with E-state index >= 15 is 0 Å². The van der Waals surface area contributed by atoms with Crippen LogP contribution in [-0.4, -0.2) is 63.7 Å². The Kier molecular flexibility index (Phi) is 10.5. The molecule has 0 spiro atoms.